The first-order valence-electron chi connectivity index (χ1n) is 6.26. The Labute approximate surface area is 116 Å². The average Bonchev–Trinajstić information content (AvgIpc) is 2.77. The molecule has 1 aliphatic heterocycles. The van der Waals surface area contributed by atoms with E-state index in [1.54, 1.807) is 16.2 Å². The Morgan fingerprint density at radius 1 is 1.63 bits per heavy atom. The molecule has 1 aromatic heterocycles. The van der Waals surface area contributed by atoms with Gasteiger partial charge in [0.05, 0.1) is 22.2 Å². The summed E-state index contributed by atoms with van der Waals surface area (Å²) in [7, 11) is 3.66. The van der Waals surface area contributed by atoms with Crippen LogP contribution in [0, 0.1) is 10.1 Å². The van der Waals surface area contributed by atoms with Gasteiger partial charge in [0.25, 0.3) is 6.20 Å². The van der Waals surface area contributed by atoms with Crippen molar-refractivity contribution in [1.82, 2.24) is 14.8 Å². The Kier molecular flexibility index (Phi) is 4.04. The van der Waals surface area contributed by atoms with E-state index in [4.69, 9.17) is 0 Å². The topological polar surface area (TPSA) is 62.5 Å². The Morgan fingerprint density at radius 3 is 2.95 bits per heavy atom. The molecule has 0 N–H and O–H groups in total. The number of aromatic nitrogens is 1. The highest BCUT2D eigenvalue weighted by Crippen LogP contribution is 2.27. The molecule has 104 valence electrons. The van der Waals surface area contributed by atoms with Crippen LogP contribution < -0.4 is 0 Å². The molecule has 0 fully saturated rings. The molecule has 0 aliphatic carbocycles. The van der Waals surface area contributed by atoms with E-state index in [2.05, 4.69) is 11.9 Å². The van der Waals surface area contributed by atoms with Crippen molar-refractivity contribution in [3.63, 3.8) is 0 Å². The van der Waals surface area contributed by atoms with Crippen molar-refractivity contribution >= 4 is 11.3 Å². The van der Waals surface area contributed by atoms with Gasteiger partial charge in [-0.05, 0) is 6.42 Å². The normalized spacial score (nSPS) is 15.3. The highest BCUT2D eigenvalue weighted by molar-refractivity contribution is 7.11. The molecule has 0 radical (unpaired) electrons. The lowest BCUT2D eigenvalue weighted by Gasteiger charge is -2.32. The van der Waals surface area contributed by atoms with Gasteiger partial charge < -0.3 is 9.80 Å². The SMILES string of the molecule is CCc1nc2c(s1)CN(C(=C[N+](=O)[O-])N(C)C)CC2. The Bertz CT molecular complexity index is 510. The molecule has 2 rings (SSSR count). The molecule has 0 spiro atoms. The van der Waals surface area contributed by atoms with Crippen LogP contribution in [-0.4, -0.2) is 40.3 Å². The molecule has 6 nitrogen and oxygen atoms in total. The van der Waals surface area contributed by atoms with Crippen LogP contribution in [0.5, 0.6) is 0 Å². The Morgan fingerprint density at radius 2 is 2.37 bits per heavy atom. The molecular formula is C12H18N4O2S. The van der Waals surface area contributed by atoms with E-state index in [-0.39, 0.29) is 0 Å². The first-order chi connectivity index (χ1) is 9.01. The van der Waals surface area contributed by atoms with E-state index in [0.29, 0.717) is 12.4 Å². The van der Waals surface area contributed by atoms with E-state index in [9.17, 15) is 10.1 Å². The first-order valence-corrected chi connectivity index (χ1v) is 7.08. The maximum atomic E-state index is 10.7. The number of hydrogen-bond acceptors (Lipinski definition) is 6. The predicted octanol–water partition coefficient (Wildman–Crippen LogP) is 1.70. The second-order valence-electron chi connectivity index (χ2n) is 4.67. The van der Waals surface area contributed by atoms with Crippen molar-refractivity contribution in [2.45, 2.75) is 26.3 Å². The molecule has 0 atom stereocenters. The molecular weight excluding hydrogens is 264 g/mol. The summed E-state index contributed by atoms with van der Waals surface area (Å²) >= 11 is 1.72. The van der Waals surface area contributed by atoms with Gasteiger partial charge in [0.2, 0.25) is 0 Å². The van der Waals surface area contributed by atoms with Crippen LogP contribution in [0.1, 0.15) is 22.5 Å². The van der Waals surface area contributed by atoms with Crippen LogP contribution >= 0.6 is 11.3 Å². The zero-order valence-corrected chi connectivity index (χ0v) is 12.2. The predicted molar refractivity (Wildman–Crippen MR) is 74.4 cm³/mol. The van der Waals surface area contributed by atoms with E-state index < -0.39 is 4.92 Å². The van der Waals surface area contributed by atoms with Gasteiger partial charge in [-0.25, -0.2) is 4.98 Å². The third kappa shape index (κ3) is 3.04. The van der Waals surface area contributed by atoms with Crippen LogP contribution in [0.3, 0.4) is 0 Å². The highest BCUT2D eigenvalue weighted by atomic mass is 32.1. The summed E-state index contributed by atoms with van der Waals surface area (Å²) < 4.78 is 0. The van der Waals surface area contributed by atoms with Crippen LogP contribution in [0.2, 0.25) is 0 Å². The first kappa shape index (κ1) is 13.8. The van der Waals surface area contributed by atoms with Gasteiger partial charge in [0.1, 0.15) is 0 Å². The molecule has 0 saturated carbocycles. The lowest BCUT2D eigenvalue weighted by atomic mass is 10.2. The summed E-state index contributed by atoms with van der Waals surface area (Å²) in [5, 5.41) is 11.9. The minimum Gasteiger partial charge on any atom is -0.359 e. The molecule has 0 saturated heterocycles. The fourth-order valence-corrected chi connectivity index (χ4v) is 3.24. The third-order valence-corrected chi connectivity index (χ3v) is 4.31. The molecule has 1 aliphatic rings. The van der Waals surface area contributed by atoms with Crippen molar-refractivity contribution in [3.8, 4) is 0 Å². The maximum Gasteiger partial charge on any atom is 0.274 e. The quantitative estimate of drug-likeness (QED) is 0.621. The van der Waals surface area contributed by atoms with Gasteiger partial charge in [0, 0.05) is 31.9 Å². The fraction of sp³-hybridized carbons (Fsp3) is 0.583. The van der Waals surface area contributed by atoms with E-state index >= 15 is 0 Å². The largest absolute Gasteiger partial charge is 0.359 e. The van der Waals surface area contributed by atoms with Gasteiger partial charge >= 0.3 is 0 Å². The maximum absolute atomic E-state index is 10.7. The molecule has 0 amide bonds. The molecule has 0 aromatic carbocycles. The highest BCUT2D eigenvalue weighted by Gasteiger charge is 2.24. The van der Waals surface area contributed by atoms with Crippen LogP contribution in [0.25, 0.3) is 0 Å². The molecule has 1 aromatic rings. The zero-order chi connectivity index (χ0) is 14.0. The second-order valence-corrected chi connectivity index (χ2v) is 5.84. The van der Waals surface area contributed by atoms with Crippen molar-refractivity contribution in [1.29, 1.82) is 0 Å². The van der Waals surface area contributed by atoms with Gasteiger partial charge in [-0.15, -0.1) is 11.3 Å². The van der Waals surface area contributed by atoms with Crippen molar-refractivity contribution in [3.05, 3.63) is 37.7 Å². The Hall–Kier alpha value is -1.63. The summed E-state index contributed by atoms with van der Waals surface area (Å²) in [5.41, 5.74) is 1.16. The molecule has 0 bridgehead atoms. The van der Waals surface area contributed by atoms with Gasteiger partial charge in [-0.1, -0.05) is 6.92 Å². The number of fused-ring (bicyclic) bond motifs is 1. The monoisotopic (exact) mass is 282 g/mol. The van der Waals surface area contributed by atoms with Crippen LogP contribution in [-0.2, 0) is 19.4 Å². The van der Waals surface area contributed by atoms with Crippen LogP contribution in [0.15, 0.2) is 12.0 Å². The van der Waals surface area contributed by atoms with Gasteiger partial charge in [-0.2, -0.15) is 0 Å². The smallest absolute Gasteiger partial charge is 0.274 e. The summed E-state index contributed by atoms with van der Waals surface area (Å²) in [5.74, 6) is 0.641. The Balaban J connectivity index is 2.22. The summed E-state index contributed by atoms with van der Waals surface area (Å²) in [4.78, 5) is 20.0. The summed E-state index contributed by atoms with van der Waals surface area (Å²) in [6.45, 7) is 3.59. The van der Waals surface area contributed by atoms with Crippen LogP contribution in [0.4, 0.5) is 0 Å². The minimum atomic E-state index is -0.394. The summed E-state index contributed by atoms with van der Waals surface area (Å²) in [6, 6.07) is 0. The third-order valence-electron chi connectivity index (χ3n) is 3.08. The lowest BCUT2D eigenvalue weighted by Crippen LogP contribution is -2.35. The molecule has 0 unspecified atom stereocenters. The fourth-order valence-electron chi connectivity index (χ4n) is 2.17. The van der Waals surface area contributed by atoms with Gasteiger partial charge in [0.15, 0.2) is 5.82 Å². The number of thiazole rings is 1. The zero-order valence-electron chi connectivity index (χ0n) is 11.4. The lowest BCUT2D eigenvalue weighted by molar-refractivity contribution is -0.405. The van der Waals surface area contributed by atoms with Crippen molar-refractivity contribution in [2.75, 3.05) is 20.6 Å². The molecule has 2 heterocycles. The van der Waals surface area contributed by atoms with Gasteiger partial charge in [-0.3, -0.25) is 10.1 Å². The number of hydrogen-bond donors (Lipinski definition) is 0. The van der Waals surface area contributed by atoms with E-state index in [1.807, 2.05) is 19.0 Å². The number of nitro groups is 1. The number of rotatable bonds is 4. The van der Waals surface area contributed by atoms with E-state index in [0.717, 1.165) is 36.3 Å². The molecule has 19 heavy (non-hydrogen) atoms. The number of aryl methyl sites for hydroxylation is 1. The standard InChI is InChI=1S/C12H18N4O2S/c1-4-11-13-9-5-6-15(7-10(9)19-11)12(14(2)3)8-16(17)18/h8H,4-7H2,1-3H3. The van der Waals surface area contributed by atoms with Crippen molar-refractivity contribution in [2.24, 2.45) is 0 Å². The summed E-state index contributed by atoms with van der Waals surface area (Å²) in [6.07, 6.45) is 2.88. The second kappa shape index (κ2) is 5.56. The van der Waals surface area contributed by atoms with E-state index in [1.165, 1.54) is 4.88 Å². The minimum absolute atomic E-state index is 0.394. The molecule has 7 heteroatoms. The number of nitrogens with zero attached hydrogens (tertiary/aromatic N) is 4. The average molecular weight is 282 g/mol. The van der Waals surface area contributed by atoms with Crippen molar-refractivity contribution < 1.29 is 4.92 Å².